The summed E-state index contributed by atoms with van der Waals surface area (Å²) in [5.41, 5.74) is 15.6. The monoisotopic (exact) mass is 747 g/mol. The van der Waals surface area contributed by atoms with Crippen LogP contribution in [0.5, 0.6) is 0 Å². The van der Waals surface area contributed by atoms with Crippen LogP contribution in [0.3, 0.4) is 0 Å². The number of anilines is 3. The molecule has 0 aromatic heterocycles. The molecule has 0 atom stereocenters. The summed E-state index contributed by atoms with van der Waals surface area (Å²) in [5, 5.41) is 0. The number of nitrogens with zero attached hydrogens (tertiary/aromatic N) is 1. The lowest BCUT2D eigenvalue weighted by molar-refractivity contribution is -0.0441. The van der Waals surface area contributed by atoms with Crippen LogP contribution in [0.1, 0.15) is 94.9 Å². The Morgan fingerprint density at radius 2 is 1.07 bits per heavy atom. The maximum absolute atomic E-state index is 2.63. The molecule has 4 bridgehead atoms. The summed E-state index contributed by atoms with van der Waals surface area (Å²) in [7, 11) is 0. The molecule has 6 aromatic rings. The zero-order valence-corrected chi connectivity index (χ0v) is 34.2. The van der Waals surface area contributed by atoms with Crippen LogP contribution in [0.2, 0.25) is 0 Å². The highest BCUT2D eigenvalue weighted by atomic mass is 32.2. The van der Waals surface area contributed by atoms with Crippen molar-refractivity contribution in [1.29, 1.82) is 0 Å². The van der Waals surface area contributed by atoms with Crippen molar-refractivity contribution >= 4 is 28.8 Å². The highest BCUT2D eigenvalue weighted by Gasteiger charge is 2.61. The summed E-state index contributed by atoms with van der Waals surface area (Å²) >= 11 is 2.04. The van der Waals surface area contributed by atoms with E-state index in [9.17, 15) is 0 Å². The van der Waals surface area contributed by atoms with E-state index in [-0.39, 0.29) is 16.2 Å². The Hall–Kier alpha value is -4.53. The van der Waals surface area contributed by atoms with Gasteiger partial charge in [-0.2, -0.15) is 0 Å². The first-order valence-electron chi connectivity index (χ1n) is 21.3. The van der Waals surface area contributed by atoms with Gasteiger partial charge in [-0.15, -0.1) is 0 Å². The van der Waals surface area contributed by atoms with Crippen molar-refractivity contribution in [3.63, 3.8) is 0 Å². The second-order valence-electron chi connectivity index (χ2n) is 19.2. The molecule has 0 unspecified atom stereocenters. The van der Waals surface area contributed by atoms with E-state index in [1.165, 1.54) is 105 Å². The number of hydrogen-bond acceptors (Lipinski definition) is 2. The maximum atomic E-state index is 2.63. The summed E-state index contributed by atoms with van der Waals surface area (Å²) in [6.07, 6.45) is 9.33. The quantitative estimate of drug-likeness (QED) is 0.173. The summed E-state index contributed by atoms with van der Waals surface area (Å²) in [5.74, 6) is 3.11. The average Bonchev–Trinajstić information content (AvgIpc) is 3.22. The lowest BCUT2D eigenvalue weighted by atomic mass is 9.41. The molecule has 0 amide bonds. The summed E-state index contributed by atoms with van der Waals surface area (Å²) in [6.45, 7) is 9.81. The van der Waals surface area contributed by atoms with E-state index < -0.39 is 0 Å². The van der Waals surface area contributed by atoms with E-state index in [4.69, 9.17) is 0 Å². The van der Waals surface area contributed by atoms with Gasteiger partial charge < -0.3 is 4.90 Å². The van der Waals surface area contributed by atoms with Crippen molar-refractivity contribution in [2.75, 3.05) is 4.90 Å². The molecule has 5 aliphatic carbocycles. The average molecular weight is 748 g/mol. The summed E-state index contributed by atoms with van der Waals surface area (Å²) in [6, 6.07) is 53.6. The van der Waals surface area contributed by atoms with Gasteiger partial charge in [0, 0.05) is 26.6 Å². The smallest absolute Gasteiger partial charge is 0.0604 e. The predicted molar refractivity (Wildman–Crippen MR) is 236 cm³/mol. The second-order valence-corrected chi connectivity index (χ2v) is 20.3. The van der Waals surface area contributed by atoms with Crippen molar-refractivity contribution in [3.05, 3.63) is 162 Å². The van der Waals surface area contributed by atoms with E-state index in [2.05, 4.69) is 172 Å². The van der Waals surface area contributed by atoms with E-state index in [0.29, 0.717) is 11.8 Å². The molecule has 280 valence electrons. The predicted octanol–water partition coefficient (Wildman–Crippen LogP) is 15.0. The fraction of sp³-hybridized carbons (Fsp3) is 0.333. The van der Waals surface area contributed by atoms with Crippen LogP contribution in [0.4, 0.5) is 17.1 Å². The number of fused-ring (bicyclic) bond motifs is 3. The Kier molecular flexibility index (Phi) is 7.89. The summed E-state index contributed by atoms with van der Waals surface area (Å²) < 4.78 is 0. The molecule has 0 N–H and O–H groups in total. The van der Waals surface area contributed by atoms with E-state index in [0.717, 1.165) is 11.8 Å². The third kappa shape index (κ3) is 5.20. The number of rotatable bonds is 5. The molecule has 0 radical (unpaired) electrons. The topological polar surface area (TPSA) is 3.24 Å². The lowest BCUT2D eigenvalue weighted by Crippen LogP contribution is -2.57. The Labute approximate surface area is 338 Å². The SMILES string of the molecule is CC1(C)CCC(C)(C)c2cc(N(c3ccc(-c4ccccc4)cc3)c3ccc(-c4ccccc4)c4c3Sc3ccccc3C43C4CC5CC(C4)CC3C5)ccc21. The van der Waals surface area contributed by atoms with Gasteiger partial charge in [0.15, 0.2) is 0 Å². The van der Waals surface area contributed by atoms with Crippen LogP contribution >= 0.6 is 11.8 Å². The van der Waals surface area contributed by atoms with Gasteiger partial charge >= 0.3 is 0 Å². The van der Waals surface area contributed by atoms with Crippen LogP contribution in [-0.2, 0) is 16.2 Å². The summed E-state index contributed by atoms with van der Waals surface area (Å²) in [4.78, 5) is 5.55. The highest BCUT2D eigenvalue weighted by Crippen LogP contribution is 2.71. The standard InChI is InChI=1S/C54H53NS/c1-52(2)27-28-53(3,4)47-34-43(23-25-45(47)52)55(42-21-19-38(20-22-42)37-13-7-5-8-14-37)48-26-24-44(39-15-9-6-10-16-39)50-51(48)56-49-18-12-11-17-46(49)54(50)40-30-35-29-36(32-40)33-41(54)31-35/h5-26,34-36,40-41H,27-33H2,1-4H3. The first-order chi connectivity index (χ1) is 27.2. The molecule has 4 saturated carbocycles. The maximum Gasteiger partial charge on any atom is 0.0604 e. The third-order valence-corrected chi connectivity index (χ3v) is 16.4. The van der Waals surface area contributed by atoms with Gasteiger partial charge in [0.2, 0.25) is 0 Å². The van der Waals surface area contributed by atoms with Gasteiger partial charge in [-0.25, -0.2) is 0 Å². The normalized spacial score (nSPS) is 26.0. The first-order valence-corrected chi connectivity index (χ1v) is 22.1. The molecular formula is C54H53NS. The van der Waals surface area contributed by atoms with Gasteiger partial charge in [0.25, 0.3) is 0 Å². The molecule has 56 heavy (non-hydrogen) atoms. The van der Waals surface area contributed by atoms with Gasteiger partial charge in [-0.3, -0.25) is 0 Å². The third-order valence-electron chi connectivity index (χ3n) is 15.2. The van der Waals surface area contributed by atoms with E-state index >= 15 is 0 Å². The molecule has 0 saturated heterocycles. The van der Waals surface area contributed by atoms with Crippen LogP contribution in [0.15, 0.2) is 149 Å². The molecule has 6 aliphatic rings. The molecule has 1 heterocycles. The fourth-order valence-electron chi connectivity index (χ4n) is 12.6. The molecule has 6 aromatic carbocycles. The van der Waals surface area contributed by atoms with Crippen LogP contribution in [-0.4, -0.2) is 0 Å². The van der Waals surface area contributed by atoms with Gasteiger partial charge in [-0.05, 0) is 160 Å². The van der Waals surface area contributed by atoms with Crippen LogP contribution in [0.25, 0.3) is 22.3 Å². The lowest BCUT2D eigenvalue weighted by Gasteiger charge is -2.63. The number of hydrogen-bond donors (Lipinski definition) is 0. The molecule has 2 heteroatoms. The van der Waals surface area contributed by atoms with Gasteiger partial charge in [-0.1, -0.05) is 143 Å². The van der Waals surface area contributed by atoms with Crippen molar-refractivity contribution in [1.82, 2.24) is 0 Å². The van der Waals surface area contributed by atoms with E-state index in [1.54, 1.807) is 11.1 Å². The Balaban J connectivity index is 1.19. The zero-order valence-electron chi connectivity index (χ0n) is 33.4. The Morgan fingerprint density at radius 1 is 0.500 bits per heavy atom. The van der Waals surface area contributed by atoms with Gasteiger partial charge in [0.1, 0.15) is 0 Å². The fourth-order valence-corrected chi connectivity index (χ4v) is 14.0. The zero-order chi connectivity index (χ0) is 37.8. The molecule has 1 spiro atoms. The molecule has 12 rings (SSSR count). The van der Waals surface area contributed by atoms with E-state index in [1.807, 2.05) is 11.8 Å². The highest BCUT2D eigenvalue weighted by molar-refractivity contribution is 7.99. The minimum Gasteiger partial charge on any atom is -0.309 e. The van der Waals surface area contributed by atoms with Crippen LogP contribution < -0.4 is 4.90 Å². The minimum absolute atomic E-state index is 0.0104. The first kappa shape index (κ1) is 34.7. The Morgan fingerprint density at radius 3 is 1.75 bits per heavy atom. The molecule has 1 nitrogen and oxygen atoms in total. The molecule has 1 aliphatic heterocycles. The van der Waals surface area contributed by atoms with Crippen LogP contribution in [0, 0.1) is 23.7 Å². The molecule has 4 fully saturated rings. The van der Waals surface area contributed by atoms with Crippen molar-refractivity contribution < 1.29 is 0 Å². The van der Waals surface area contributed by atoms with Crippen molar-refractivity contribution in [3.8, 4) is 22.3 Å². The Bertz CT molecular complexity index is 2430. The largest absolute Gasteiger partial charge is 0.309 e. The van der Waals surface area contributed by atoms with Crippen molar-refractivity contribution in [2.45, 2.75) is 98.7 Å². The second kappa shape index (κ2) is 12.7. The van der Waals surface area contributed by atoms with Crippen molar-refractivity contribution in [2.24, 2.45) is 23.7 Å². The van der Waals surface area contributed by atoms with Gasteiger partial charge in [0.05, 0.1) is 5.69 Å². The number of benzene rings is 6. The molecular weight excluding hydrogens is 695 g/mol. The minimum atomic E-state index is 0.0104.